The summed E-state index contributed by atoms with van der Waals surface area (Å²) in [6.45, 7) is 8.44. The monoisotopic (exact) mass is 342 g/mol. The van der Waals surface area contributed by atoms with Crippen LogP contribution in [0.4, 0.5) is 0 Å². The van der Waals surface area contributed by atoms with Crippen molar-refractivity contribution in [2.75, 3.05) is 0 Å². The van der Waals surface area contributed by atoms with Crippen LogP contribution in [0.15, 0.2) is 48.5 Å². The first kappa shape index (κ1) is 15.8. The summed E-state index contributed by atoms with van der Waals surface area (Å²) in [5, 5.41) is 2.04. The molecular weight excluding hydrogens is 319 g/mol. The molecule has 2 aliphatic rings. The molecule has 2 aromatic carbocycles. The Bertz CT molecular complexity index is 859. The number of benzene rings is 2. The molecule has 0 radical (unpaired) electrons. The van der Waals surface area contributed by atoms with Crippen molar-refractivity contribution in [1.82, 2.24) is 0 Å². The minimum atomic E-state index is -3.52. The molecule has 2 heterocycles. The van der Waals surface area contributed by atoms with E-state index < -0.39 is 12.7 Å². The van der Waals surface area contributed by atoms with Gasteiger partial charge in [-0.25, -0.2) is 0 Å². The van der Waals surface area contributed by atoms with Crippen molar-refractivity contribution < 1.29 is 13.8 Å². The van der Waals surface area contributed by atoms with Gasteiger partial charge >= 0.3 is 143 Å². The van der Waals surface area contributed by atoms with E-state index in [2.05, 4.69) is 39.8 Å². The fraction of sp³-hybridized carbons (Fsp3) is 0.350. The molecule has 24 heavy (non-hydrogen) atoms. The van der Waals surface area contributed by atoms with Gasteiger partial charge in [-0.05, 0) is 0 Å². The Morgan fingerprint density at radius 3 is 2.38 bits per heavy atom. The molecule has 0 amide bonds. The van der Waals surface area contributed by atoms with Crippen LogP contribution in [0.3, 0.4) is 0 Å². The van der Waals surface area contributed by atoms with Gasteiger partial charge in [-0.2, -0.15) is 0 Å². The Balaban J connectivity index is 2.18. The van der Waals surface area contributed by atoms with Gasteiger partial charge in [0.15, 0.2) is 0 Å². The van der Waals surface area contributed by atoms with Crippen molar-refractivity contribution in [1.29, 1.82) is 0 Å². The van der Waals surface area contributed by atoms with Crippen molar-refractivity contribution >= 4 is 23.6 Å². The number of hydrogen-bond acceptors (Lipinski definition) is 3. The Morgan fingerprint density at radius 2 is 1.67 bits per heavy atom. The van der Waals surface area contributed by atoms with Crippen molar-refractivity contribution in [2.45, 2.75) is 45.4 Å². The summed E-state index contributed by atoms with van der Waals surface area (Å²) in [6.07, 6.45) is 0.879. The quantitative estimate of drug-likeness (QED) is 0.765. The van der Waals surface area contributed by atoms with Gasteiger partial charge in [-0.3, -0.25) is 0 Å². The van der Waals surface area contributed by atoms with E-state index in [1.54, 1.807) is 0 Å². The molecule has 3 nitrogen and oxygen atoms in total. The molecule has 0 aliphatic carbocycles. The zero-order valence-corrected chi connectivity index (χ0v) is 15.5. The fourth-order valence-electron chi connectivity index (χ4n) is 4.42. The van der Waals surface area contributed by atoms with E-state index in [0.717, 1.165) is 22.6 Å². The van der Waals surface area contributed by atoms with Gasteiger partial charge in [0.25, 0.3) is 0 Å². The van der Waals surface area contributed by atoms with E-state index in [9.17, 15) is 4.79 Å². The molecule has 2 aliphatic heterocycles. The van der Waals surface area contributed by atoms with E-state index in [4.69, 9.17) is 9.05 Å². The van der Waals surface area contributed by atoms with Crippen LogP contribution in [0.5, 0.6) is 0 Å². The number of fused-ring (bicyclic) bond motifs is 4. The maximum atomic E-state index is 12.8. The first-order valence-electron chi connectivity index (χ1n) is 8.53. The summed E-state index contributed by atoms with van der Waals surface area (Å²) < 4.78 is 13.2. The van der Waals surface area contributed by atoms with E-state index in [1.165, 1.54) is 0 Å². The average Bonchev–Trinajstić information content (AvgIpc) is 2.97. The molecule has 126 valence electrons. The number of hydrogen-bond donors (Lipinski definition) is 0. The van der Waals surface area contributed by atoms with E-state index in [0.29, 0.717) is 5.56 Å². The van der Waals surface area contributed by atoms with Gasteiger partial charge in [-0.15, -0.1) is 0 Å². The second-order valence-electron chi connectivity index (χ2n) is 7.29. The standard InChI is InChI=1S/C20H23O3P/c1-5-14(2)24(17-12-8-6-10-15(17)19(21)22-24)18-13-9-7-11-16(18)20(3,4)23-24/h6-14H,5H2,1-4H3. The van der Waals surface area contributed by atoms with E-state index in [1.807, 2.05) is 36.4 Å². The number of carbonyl (C=O) groups excluding carboxylic acids is 1. The molecule has 1 spiro atoms. The predicted molar refractivity (Wildman–Crippen MR) is 98.4 cm³/mol. The summed E-state index contributed by atoms with van der Waals surface area (Å²) in [4.78, 5) is 12.8. The molecule has 2 aromatic rings. The third-order valence-electron chi connectivity index (χ3n) is 5.65. The SMILES string of the molecule is CCC(C)P12(OC(=O)c3ccccc31)OC(C)(C)c1ccccc12. The molecule has 0 bridgehead atoms. The topological polar surface area (TPSA) is 35.5 Å². The molecule has 1 unspecified atom stereocenters. The van der Waals surface area contributed by atoms with Crippen LogP contribution in [0, 0.1) is 0 Å². The third kappa shape index (κ3) is 1.57. The van der Waals surface area contributed by atoms with Crippen LogP contribution in [0.1, 0.15) is 50.0 Å². The van der Waals surface area contributed by atoms with Crippen molar-refractivity contribution in [2.24, 2.45) is 0 Å². The Hall–Kier alpha value is -1.70. The normalized spacial score (nSPS) is 24.5. The Kier molecular flexibility index (Phi) is 3.08. The van der Waals surface area contributed by atoms with Gasteiger partial charge in [0.05, 0.1) is 0 Å². The Labute approximate surface area is 143 Å². The van der Waals surface area contributed by atoms with Gasteiger partial charge in [-0.1, -0.05) is 0 Å². The minimum absolute atomic E-state index is 0.103. The van der Waals surface area contributed by atoms with Crippen LogP contribution in [0.25, 0.3) is 0 Å². The van der Waals surface area contributed by atoms with Crippen LogP contribution in [0.2, 0.25) is 0 Å². The summed E-state index contributed by atoms with van der Waals surface area (Å²) >= 11 is 0. The number of rotatable bonds is 2. The molecule has 4 heteroatoms. The molecule has 1 atom stereocenters. The van der Waals surface area contributed by atoms with Crippen molar-refractivity contribution in [3.8, 4) is 0 Å². The zero-order valence-electron chi connectivity index (χ0n) is 14.6. The van der Waals surface area contributed by atoms with Crippen LogP contribution in [-0.4, -0.2) is 11.6 Å². The van der Waals surface area contributed by atoms with Crippen LogP contribution in [-0.2, 0) is 14.6 Å². The van der Waals surface area contributed by atoms with Crippen LogP contribution < -0.4 is 10.6 Å². The van der Waals surface area contributed by atoms with E-state index >= 15 is 0 Å². The van der Waals surface area contributed by atoms with Crippen LogP contribution >= 0.6 is 7.06 Å². The summed E-state index contributed by atoms with van der Waals surface area (Å²) in [6, 6.07) is 16.0. The fourth-order valence-corrected chi connectivity index (χ4v) is 10.7. The molecular formula is C20H23O3P. The number of carbonyl (C=O) groups is 1. The van der Waals surface area contributed by atoms with Crippen molar-refractivity contribution in [3.05, 3.63) is 59.7 Å². The molecule has 0 N–H and O–H groups in total. The van der Waals surface area contributed by atoms with Gasteiger partial charge in [0.2, 0.25) is 0 Å². The predicted octanol–water partition coefficient (Wildman–Crippen LogP) is 4.25. The Morgan fingerprint density at radius 1 is 1.04 bits per heavy atom. The van der Waals surface area contributed by atoms with E-state index in [-0.39, 0.29) is 11.6 Å². The summed E-state index contributed by atoms with van der Waals surface area (Å²) in [5.41, 5.74) is 1.40. The third-order valence-corrected chi connectivity index (χ3v) is 11.6. The summed E-state index contributed by atoms with van der Waals surface area (Å²) in [7, 11) is -3.52. The maximum absolute atomic E-state index is 12.8. The molecule has 4 rings (SSSR count). The molecule has 0 saturated carbocycles. The summed E-state index contributed by atoms with van der Waals surface area (Å²) in [5.74, 6) is -0.254. The van der Waals surface area contributed by atoms with Crippen molar-refractivity contribution in [3.63, 3.8) is 0 Å². The van der Waals surface area contributed by atoms with Gasteiger partial charge < -0.3 is 0 Å². The molecule has 0 saturated heterocycles. The average molecular weight is 342 g/mol. The van der Waals surface area contributed by atoms with Gasteiger partial charge in [0, 0.05) is 0 Å². The van der Waals surface area contributed by atoms with Gasteiger partial charge in [0.1, 0.15) is 0 Å². The first-order chi connectivity index (χ1) is 11.4. The zero-order chi connectivity index (χ0) is 17.2. The molecule has 0 fully saturated rings. The first-order valence-corrected chi connectivity index (χ1v) is 10.7. The second-order valence-corrected chi connectivity index (χ2v) is 11.5. The molecule has 0 aromatic heterocycles. The second kappa shape index (κ2) is 4.68.